The van der Waals surface area contributed by atoms with Crippen molar-refractivity contribution >= 4 is 11.7 Å². The molecule has 80 valence electrons. The lowest BCUT2D eigenvalue weighted by molar-refractivity contribution is 0.0378. The van der Waals surface area contributed by atoms with Crippen LogP contribution >= 0.6 is 0 Å². The minimum Gasteiger partial charge on any atom is -0.508 e. The summed E-state index contributed by atoms with van der Waals surface area (Å²) in [6, 6.07) is 6.53. The molecule has 0 radical (unpaired) electrons. The Morgan fingerprint density at radius 3 is 2.53 bits per heavy atom. The summed E-state index contributed by atoms with van der Waals surface area (Å²) < 4.78 is 5.02. The molecule has 0 aliphatic heterocycles. The Hall–Kier alpha value is -1.77. The average Bonchev–Trinajstić information content (AvgIpc) is 2.17. The molecule has 0 fully saturated rings. The summed E-state index contributed by atoms with van der Waals surface area (Å²) in [5.41, 5.74) is 0.935. The van der Waals surface area contributed by atoms with Gasteiger partial charge in [0.1, 0.15) is 5.76 Å². The molecule has 1 N–H and O–H groups in total. The van der Waals surface area contributed by atoms with E-state index in [1.54, 1.807) is 38.1 Å². The van der Waals surface area contributed by atoms with E-state index in [2.05, 4.69) is 6.58 Å². The first-order chi connectivity index (χ1) is 7.00. The highest BCUT2D eigenvalue weighted by Gasteiger charge is 2.09. The largest absolute Gasteiger partial charge is 0.508 e. The lowest BCUT2D eigenvalue weighted by Gasteiger charge is -2.08. The maximum atomic E-state index is 11.5. The topological polar surface area (TPSA) is 46.5 Å². The van der Waals surface area contributed by atoms with Crippen LogP contribution in [0.1, 0.15) is 29.8 Å². The summed E-state index contributed by atoms with van der Waals surface area (Å²) in [7, 11) is 0. The van der Waals surface area contributed by atoms with Crippen molar-refractivity contribution in [2.24, 2.45) is 0 Å². The molecule has 1 aromatic carbocycles. The molecule has 3 heteroatoms. The van der Waals surface area contributed by atoms with Gasteiger partial charge in [0.2, 0.25) is 0 Å². The summed E-state index contributed by atoms with van der Waals surface area (Å²) >= 11 is 0. The zero-order chi connectivity index (χ0) is 11.4. The number of aliphatic hydroxyl groups excluding tert-OH is 1. The smallest absolute Gasteiger partial charge is 0.338 e. The van der Waals surface area contributed by atoms with E-state index in [1.807, 2.05) is 0 Å². The summed E-state index contributed by atoms with van der Waals surface area (Å²) in [6.45, 7) is 6.96. The van der Waals surface area contributed by atoms with Gasteiger partial charge in [0, 0.05) is 5.56 Å². The summed E-state index contributed by atoms with van der Waals surface area (Å²) in [5, 5.41) is 9.17. The van der Waals surface area contributed by atoms with E-state index in [9.17, 15) is 4.79 Å². The molecule has 0 atom stereocenters. The molecule has 0 spiro atoms. The number of carbonyl (C=O) groups is 1. The van der Waals surface area contributed by atoms with E-state index in [-0.39, 0.29) is 11.9 Å². The van der Waals surface area contributed by atoms with E-state index in [0.29, 0.717) is 11.1 Å². The van der Waals surface area contributed by atoms with Gasteiger partial charge in [-0.2, -0.15) is 0 Å². The van der Waals surface area contributed by atoms with Crippen molar-refractivity contribution in [1.29, 1.82) is 0 Å². The minimum atomic E-state index is -0.395. The van der Waals surface area contributed by atoms with Gasteiger partial charge in [-0.1, -0.05) is 18.7 Å². The maximum absolute atomic E-state index is 11.5. The first-order valence-corrected chi connectivity index (χ1v) is 4.70. The predicted octanol–water partition coefficient (Wildman–Crippen LogP) is 2.78. The van der Waals surface area contributed by atoms with Crippen molar-refractivity contribution in [1.82, 2.24) is 0 Å². The Bertz CT molecular complexity index is 380. The number of esters is 1. The van der Waals surface area contributed by atoms with Crippen molar-refractivity contribution in [3.63, 3.8) is 0 Å². The molecule has 0 unspecified atom stereocenters. The van der Waals surface area contributed by atoms with Crippen LogP contribution in [-0.4, -0.2) is 17.2 Å². The summed E-state index contributed by atoms with van der Waals surface area (Å²) in [4.78, 5) is 11.5. The van der Waals surface area contributed by atoms with Crippen LogP contribution in [0.2, 0.25) is 0 Å². The molecule has 3 nitrogen and oxygen atoms in total. The fraction of sp³-hybridized carbons (Fsp3) is 0.250. The maximum Gasteiger partial charge on any atom is 0.338 e. The first-order valence-electron chi connectivity index (χ1n) is 4.70. The molecular formula is C12H14O3. The molecule has 0 saturated carbocycles. The van der Waals surface area contributed by atoms with Crippen molar-refractivity contribution in [2.45, 2.75) is 20.0 Å². The van der Waals surface area contributed by atoms with Crippen LogP contribution in [0.25, 0.3) is 5.76 Å². The van der Waals surface area contributed by atoms with E-state index < -0.39 is 5.97 Å². The molecule has 0 saturated heterocycles. The van der Waals surface area contributed by atoms with E-state index >= 15 is 0 Å². The SMILES string of the molecule is C=C(O)c1cccc(C(=O)OC(C)C)c1. The van der Waals surface area contributed by atoms with Crippen LogP contribution in [0.5, 0.6) is 0 Å². The molecule has 1 rings (SSSR count). The predicted molar refractivity (Wildman–Crippen MR) is 58.7 cm³/mol. The highest BCUT2D eigenvalue weighted by Crippen LogP contribution is 2.12. The average molecular weight is 206 g/mol. The molecule has 0 heterocycles. The van der Waals surface area contributed by atoms with Crippen LogP contribution < -0.4 is 0 Å². The monoisotopic (exact) mass is 206 g/mol. The van der Waals surface area contributed by atoms with Gasteiger partial charge in [0.05, 0.1) is 11.7 Å². The standard InChI is InChI=1S/C12H14O3/c1-8(2)15-12(14)11-6-4-5-10(7-11)9(3)13/h4-8,13H,3H2,1-2H3. The van der Waals surface area contributed by atoms with Crippen LogP contribution in [0, 0.1) is 0 Å². The Labute approximate surface area is 89.0 Å². The number of hydrogen-bond acceptors (Lipinski definition) is 3. The Morgan fingerprint density at radius 2 is 2.00 bits per heavy atom. The van der Waals surface area contributed by atoms with Gasteiger partial charge < -0.3 is 9.84 Å². The number of carbonyl (C=O) groups excluding carboxylic acids is 1. The second-order valence-electron chi connectivity index (χ2n) is 3.48. The van der Waals surface area contributed by atoms with Gasteiger partial charge in [-0.15, -0.1) is 0 Å². The lowest BCUT2D eigenvalue weighted by Crippen LogP contribution is -2.11. The third-order valence-corrected chi connectivity index (χ3v) is 1.77. The zero-order valence-corrected chi connectivity index (χ0v) is 8.86. The number of aliphatic hydroxyl groups is 1. The van der Waals surface area contributed by atoms with Crippen LogP contribution in [0.4, 0.5) is 0 Å². The normalized spacial score (nSPS) is 10.1. The van der Waals surface area contributed by atoms with Gasteiger partial charge in [-0.05, 0) is 26.0 Å². The molecule has 0 aliphatic carbocycles. The van der Waals surface area contributed by atoms with Crippen molar-refractivity contribution in [2.75, 3.05) is 0 Å². The van der Waals surface area contributed by atoms with Gasteiger partial charge in [-0.25, -0.2) is 4.79 Å². The van der Waals surface area contributed by atoms with E-state index in [4.69, 9.17) is 9.84 Å². The Kier molecular flexibility index (Phi) is 3.50. The first kappa shape index (κ1) is 11.3. The second-order valence-corrected chi connectivity index (χ2v) is 3.48. The van der Waals surface area contributed by atoms with Gasteiger partial charge in [0.25, 0.3) is 0 Å². The Balaban J connectivity index is 2.90. The summed E-state index contributed by atoms with van der Waals surface area (Å²) in [5.74, 6) is -0.456. The molecule has 0 aromatic heterocycles. The molecule has 1 aromatic rings. The quantitative estimate of drug-likeness (QED) is 0.611. The summed E-state index contributed by atoms with van der Waals surface area (Å²) in [6.07, 6.45) is -0.154. The van der Waals surface area contributed by atoms with Crippen LogP contribution in [0.15, 0.2) is 30.8 Å². The van der Waals surface area contributed by atoms with E-state index in [1.165, 1.54) is 0 Å². The Morgan fingerprint density at radius 1 is 1.40 bits per heavy atom. The third-order valence-electron chi connectivity index (χ3n) is 1.77. The van der Waals surface area contributed by atoms with Crippen molar-refractivity contribution in [3.05, 3.63) is 42.0 Å². The number of ether oxygens (including phenoxy) is 1. The highest BCUT2D eigenvalue weighted by atomic mass is 16.5. The zero-order valence-electron chi connectivity index (χ0n) is 8.86. The molecular weight excluding hydrogens is 192 g/mol. The second kappa shape index (κ2) is 4.64. The molecule has 0 aliphatic rings. The van der Waals surface area contributed by atoms with Gasteiger partial charge in [-0.3, -0.25) is 0 Å². The fourth-order valence-corrected chi connectivity index (χ4v) is 1.11. The van der Waals surface area contributed by atoms with Crippen molar-refractivity contribution < 1.29 is 14.6 Å². The fourth-order valence-electron chi connectivity index (χ4n) is 1.11. The molecule has 0 bridgehead atoms. The number of benzene rings is 1. The molecule has 15 heavy (non-hydrogen) atoms. The highest BCUT2D eigenvalue weighted by molar-refractivity contribution is 5.90. The number of rotatable bonds is 3. The molecule has 0 amide bonds. The van der Waals surface area contributed by atoms with Crippen LogP contribution in [0.3, 0.4) is 0 Å². The lowest BCUT2D eigenvalue weighted by atomic mass is 10.1. The van der Waals surface area contributed by atoms with Gasteiger partial charge in [0.15, 0.2) is 0 Å². The minimum absolute atomic E-state index is 0.0609. The van der Waals surface area contributed by atoms with Crippen molar-refractivity contribution in [3.8, 4) is 0 Å². The van der Waals surface area contributed by atoms with Gasteiger partial charge >= 0.3 is 5.97 Å². The third kappa shape index (κ3) is 3.13. The van der Waals surface area contributed by atoms with E-state index in [0.717, 1.165) is 0 Å². The van der Waals surface area contributed by atoms with Crippen LogP contribution in [-0.2, 0) is 4.74 Å². The number of hydrogen-bond donors (Lipinski definition) is 1.